The molecule has 0 radical (unpaired) electrons. The Morgan fingerprint density at radius 3 is 1.21 bits per heavy atom. The molecule has 0 saturated heterocycles. The molecule has 39 heavy (non-hydrogen) atoms. The van der Waals surface area contributed by atoms with Crippen molar-refractivity contribution in [3.05, 3.63) is 107 Å². The highest BCUT2D eigenvalue weighted by molar-refractivity contribution is 7.91. The minimum atomic E-state index is -3.74. The van der Waals surface area contributed by atoms with Crippen LogP contribution in [0.1, 0.15) is 47.9 Å². The van der Waals surface area contributed by atoms with Crippen LogP contribution in [0.25, 0.3) is 0 Å². The predicted molar refractivity (Wildman–Crippen MR) is 151 cm³/mol. The Labute approximate surface area is 229 Å². The molecule has 0 spiro atoms. The second-order valence-electron chi connectivity index (χ2n) is 9.76. The lowest BCUT2D eigenvalue weighted by atomic mass is 10.0. The number of rotatable bonds is 12. The van der Waals surface area contributed by atoms with Crippen LogP contribution < -0.4 is 0 Å². The van der Waals surface area contributed by atoms with Gasteiger partial charge in [-0.3, -0.25) is 0 Å². The van der Waals surface area contributed by atoms with Gasteiger partial charge in [0.1, 0.15) is 23.0 Å². The van der Waals surface area contributed by atoms with E-state index in [-0.39, 0.29) is 23.0 Å². The second-order valence-corrected chi connectivity index (χ2v) is 11.6. The van der Waals surface area contributed by atoms with Crippen LogP contribution in [0.4, 0.5) is 0 Å². The molecule has 4 N–H and O–H groups in total. The first kappa shape index (κ1) is 28.0. The first-order valence-corrected chi connectivity index (χ1v) is 14.7. The third-order valence-corrected chi connectivity index (χ3v) is 8.90. The van der Waals surface area contributed by atoms with Crippen LogP contribution in [0.3, 0.4) is 0 Å². The summed E-state index contributed by atoms with van der Waals surface area (Å²) in [6, 6.07) is 23.4. The Balaban J connectivity index is 1.42. The van der Waals surface area contributed by atoms with Crippen molar-refractivity contribution < 1.29 is 28.8 Å². The average molecular weight is 547 g/mol. The molecule has 0 aliphatic rings. The first-order valence-electron chi connectivity index (χ1n) is 13.2. The van der Waals surface area contributed by atoms with Crippen LogP contribution in [-0.4, -0.2) is 28.8 Å². The summed E-state index contributed by atoms with van der Waals surface area (Å²) < 4.78 is 27.6. The van der Waals surface area contributed by atoms with Crippen molar-refractivity contribution in [3.8, 4) is 23.0 Å². The van der Waals surface area contributed by atoms with Crippen molar-refractivity contribution in [2.75, 3.05) is 0 Å². The quantitative estimate of drug-likeness (QED) is 0.151. The number of unbranched alkanes of at least 4 members (excludes halogenated alkanes) is 2. The van der Waals surface area contributed by atoms with Gasteiger partial charge in [-0.2, -0.15) is 0 Å². The average Bonchev–Trinajstić information content (AvgIpc) is 2.91. The van der Waals surface area contributed by atoms with Gasteiger partial charge in [-0.15, -0.1) is 0 Å². The minimum absolute atomic E-state index is 0.0207. The van der Waals surface area contributed by atoms with Crippen molar-refractivity contribution in [3.63, 3.8) is 0 Å². The summed E-state index contributed by atoms with van der Waals surface area (Å²) in [6.07, 6.45) is 5.47. The van der Waals surface area contributed by atoms with Gasteiger partial charge in [0.2, 0.25) is 9.84 Å². The van der Waals surface area contributed by atoms with Gasteiger partial charge in [0, 0.05) is 12.1 Å². The highest BCUT2D eigenvalue weighted by Gasteiger charge is 2.23. The van der Waals surface area contributed by atoms with Crippen molar-refractivity contribution in [1.82, 2.24) is 0 Å². The summed E-state index contributed by atoms with van der Waals surface area (Å²) in [7, 11) is -3.74. The highest BCUT2D eigenvalue weighted by Crippen LogP contribution is 2.30. The Kier molecular flexibility index (Phi) is 9.15. The number of aryl methyl sites for hydroxylation is 4. The second kappa shape index (κ2) is 12.7. The Hall–Kier alpha value is -3.97. The van der Waals surface area contributed by atoms with E-state index < -0.39 is 9.84 Å². The van der Waals surface area contributed by atoms with Crippen LogP contribution in [0, 0.1) is 0 Å². The zero-order valence-electron chi connectivity index (χ0n) is 21.8. The number of phenolic OH excluding ortho intramolecular Hbond substituents is 4. The monoisotopic (exact) mass is 546 g/mol. The number of phenols is 4. The van der Waals surface area contributed by atoms with Gasteiger partial charge in [-0.25, -0.2) is 8.42 Å². The van der Waals surface area contributed by atoms with Crippen LogP contribution in [0.2, 0.25) is 0 Å². The maximum absolute atomic E-state index is 13.8. The smallest absolute Gasteiger partial charge is 0.207 e. The molecule has 0 aliphatic carbocycles. The molecule has 4 aromatic rings. The topological polar surface area (TPSA) is 115 Å². The lowest BCUT2D eigenvalue weighted by Gasteiger charge is -2.14. The Morgan fingerprint density at radius 1 is 0.462 bits per heavy atom. The maximum atomic E-state index is 13.8. The molecule has 4 aromatic carbocycles. The summed E-state index contributed by atoms with van der Waals surface area (Å²) in [5, 5.41) is 39.0. The van der Waals surface area contributed by atoms with Gasteiger partial charge >= 0.3 is 0 Å². The molecular weight excluding hydrogens is 512 g/mol. The molecule has 0 unspecified atom stereocenters. The van der Waals surface area contributed by atoms with Crippen LogP contribution in [0.5, 0.6) is 23.0 Å². The fraction of sp³-hybridized carbons (Fsp3) is 0.250. The van der Waals surface area contributed by atoms with E-state index in [4.69, 9.17) is 0 Å². The molecule has 0 aromatic heterocycles. The lowest BCUT2D eigenvalue weighted by Crippen LogP contribution is -2.09. The van der Waals surface area contributed by atoms with E-state index in [2.05, 4.69) is 0 Å². The fourth-order valence-electron chi connectivity index (χ4n) is 4.85. The molecule has 204 valence electrons. The third kappa shape index (κ3) is 7.12. The van der Waals surface area contributed by atoms with Crippen molar-refractivity contribution in [2.45, 2.75) is 61.2 Å². The zero-order valence-corrected chi connectivity index (χ0v) is 22.6. The summed E-state index contributed by atoms with van der Waals surface area (Å²) in [5.41, 5.74) is 3.04. The summed E-state index contributed by atoms with van der Waals surface area (Å²) >= 11 is 0. The van der Waals surface area contributed by atoms with Gasteiger partial charge in [0.05, 0.1) is 9.79 Å². The van der Waals surface area contributed by atoms with E-state index in [1.54, 1.807) is 48.5 Å². The molecular formula is C32H34O6S. The number of hydrogen-bond acceptors (Lipinski definition) is 6. The molecule has 0 fully saturated rings. The molecule has 0 bridgehead atoms. The molecule has 4 rings (SSSR count). The van der Waals surface area contributed by atoms with Crippen LogP contribution in [0.15, 0.2) is 94.7 Å². The SMILES string of the molecule is O=S(=O)(c1ccccc1CCCCc1ccc(O)cc1O)c1ccccc1CCCCc1ccc(O)cc1O. The van der Waals surface area contributed by atoms with E-state index >= 15 is 0 Å². The summed E-state index contributed by atoms with van der Waals surface area (Å²) in [4.78, 5) is 0.637. The largest absolute Gasteiger partial charge is 0.508 e. The minimum Gasteiger partial charge on any atom is -0.508 e. The Morgan fingerprint density at radius 2 is 0.821 bits per heavy atom. The molecule has 0 amide bonds. The normalized spacial score (nSPS) is 11.5. The third-order valence-electron chi connectivity index (χ3n) is 6.95. The van der Waals surface area contributed by atoms with E-state index in [0.717, 1.165) is 47.9 Å². The van der Waals surface area contributed by atoms with Crippen molar-refractivity contribution in [1.29, 1.82) is 0 Å². The Bertz CT molecular complexity index is 1420. The number of hydrogen-bond donors (Lipinski definition) is 4. The molecule has 0 saturated carbocycles. The summed E-state index contributed by atoms with van der Waals surface area (Å²) in [5.74, 6) is 0.170. The van der Waals surface area contributed by atoms with E-state index in [9.17, 15) is 28.8 Å². The molecule has 0 atom stereocenters. The van der Waals surface area contributed by atoms with E-state index in [1.807, 2.05) is 24.3 Å². The molecule has 6 nitrogen and oxygen atoms in total. The number of sulfone groups is 1. The van der Waals surface area contributed by atoms with Crippen LogP contribution in [-0.2, 0) is 35.5 Å². The summed E-state index contributed by atoms with van der Waals surface area (Å²) in [6.45, 7) is 0. The number of benzene rings is 4. The molecule has 0 aliphatic heterocycles. The molecule has 7 heteroatoms. The first-order chi connectivity index (χ1) is 18.8. The molecule has 0 heterocycles. The highest BCUT2D eigenvalue weighted by atomic mass is 32.2. The van der Waals surface area contributed by atoms with Gasteiger partial charge in [0.25, 0.3) is 0 Å². The van der Waals surface area contributed by atoms with Gasteiger partial charge in [-0.1, -0.05) is 48.5 Å². The van der Waals surface area contributed by atoms with E-state index in [0.29, 0.717) is 35.5 Å². The van der Waals surface area contributed by atoms with E-state index in [1.165, 1.54) is 12.1 Å². The van der Waals surface area contributed by atoms with Crippen LogP contribution >= 0.6 is 0 Å². The van der Waals surface area contributed by atoms with Crippen molar-refractivity contribution >= 4 is 9.84 Å². The maximum Gasteiger partial charge on any atom is 0.207 e. The van der Waals surface area contributed by atoms with Gasteiger partial charge in [-0.05, 0) is 97.9 Å². The van der Waals surface area contributed by atoms with Gasteiger partial charge < -0.3 is 20.4 Å². The number of aromatic hydroxyl groups is 4. The van der Waals surface area contributed by atoms with Gasteiger partial charge in [0.15, 0.2) is 0 Å². The predicted octanol–water partition coefficient (Wildman–Crippen LogP) is 6.47. The van der Waals surface area contributed by atoms with Crippen molar-refractivity contribution in [2.24, 2.45) is 0 Å². The fourth-order valence-corrected chi connectivity index (χ4v) is 6.64. The zero-order chi connectivity index (χ0) is 27.8. The standard InChI is InChI=1S/C32H34O6S/c33-27-19-17-23(29(35)21-27)9-1-3-11-25-13-5-7-15-31(25)39(37,38)32-16-8-6-14-26(32)12-4-2-10-24-18-20-28(34)22-30(24)36/h5-8,13-22,33-36H,1-4,9-12H2. The lowest BCUT2D eigenvalue weighted by molar-refractivity contribution is 0.444.